The van der Waals surface area contributed by atoms with Gasteiger partial charge in [0.1, 0.15) is 5.83 Å². The van der Waals surface area contributed by atoms with E-state index in [-0.39, 0.29) is 11.3 Å². The molecule has 0 spiro atoms. The summed E-state index contributed by atoms with van der Waals surface area (Å²) in [6, 6.07) is 0. The highest BCUT2D eigenvalue weighted by Gasteiger charge is 2.10. The van der Waals surface area contributed by atoms with Crippen LogP contribution in [0.4, 0.5) is 4.39 Å². The molecule has 0 bridgehead atoms. The Morgan fingerprint density at radius 1 is 1.50 bits per heavy atom. The maximum Gasteiger partial charge on any atom is 0.265 e. The lowest BCUT2D eigenvalue weighted by Gasteiger charge is -2.01. The first-order valence-corrected chi connectivity index (χ1v) is 3.93. The predicted octanol–water partition coefficient (Wildman–Crippen LogP) is 3.15. The van der Waals surface area contributed by atoms with Crippen molar-refractivity contribution in [2.24, 2.45) is 0 Å². The Morgan fingerprint density at radius 3 is 2.21 bits per heavy atom. The van der Waals surface area contributed by atoms with Crippen LogP contribution in [0.2, 0.25) is 0 Å². The fourth-order valence-corrected chi connectivity index (χ4v) is 0.822. The molecule has 3 nitrogen and oxygen atoms in total. The van der Waals surface area contributed by atoms with Gasteiger partial charge < -0.3 is 0 Å². The molecule has 0 saturated heterocycles. The highest BCUT2D eigenvalue weighted by molar-refractivity contribution is 5.42. The Kier molecular flexibility index (Phi) is 4.49. The van der Waals surface area contributed by atoms with Crippen LogP contribution in [0.3, 0.4) is 0 Å². The topological polar surface area (TPSA) is 43.1 Å². The molecule has 0 rings (SSSR count). The van der Waals surface area contributed by atoms with Crippen molar-refractivity contribution in [3.05, 3.63) is 58.1 Å². The first-order chi connectivity index (χ1) is 6.40. The van der Waals surface area contributed by atoms with E-state index in [1.807, 2.05) is 0 Å². The van der Waals surface area contributed by atoms with Crippen LogP contribution >= 0.6 is 0 Å². The summed E-state index contributed by atoms with van der Waals surface area (Å²) in [5.74, 6) is -0.723. The number of allylic oxidation sites excluding steroid dienone is 5. The zero-order chi connectivity index (χ0) is 11.3. The smallest absolute Gasteiger partial charge is 0.258 e. The molecular formula is C10H12FNO2. The van der Waals surface area contributed by atoms with Gasteiger partial charge in [-0.3, -0.25) is 10.1 Å². The third-order valence-corrected chi connectivity index (χ3v) is 1.55. The molecule has 0 atom stereocenters. The number of nitro groups is 1. The Labute approximate surface area is 82.1 Å². The van der Waals surface area contributed by atoms with Crippen molar-refractivity contribution in [3.63, 3.8) is 0 Å². The molecule has 14 heavy (non-hydrogen) atoms. The molecule has 0 heterocycles. The van der Waals surface area contributed by atoms with Gasteiger partial charge >= 0.3 is 0 Å². The summed E-state index contributed by atoms with van der Waals surface area (Å²) in [6.07, 6.45) is 2.40. The van der Waals surface area contributed by atoms with E-state index in [1.165, 1.54) is 13.0 Å². The van der Waals surface area contributed by atoms with E-state index < -0.39 is 10.8 Å². The summed E-state index contributed by atoms with van der Waals surface area (Å²) in [5.41, 5.74) is 0.287. The second-order valence-corrected chi connectivity index (χ2v) is 2.71. The molecule has 4 heteroatoms. The van der Waals surface area contributed by atoms with Crippen LogP contribution in [0.5, 0.6) is 0 Å². The molecule has 0 aromatic carbocycles. The van der Waals surface area contributed by atoms with Gasteiger partial charge in [0.05, 0.1) is 4.92 Å². The minimum atomic E-state index is -0.723. The van der Waals surface area contributed by atoms with Crippen molar-refractivity contribution in [1.82, 2.24) is 0 Å². The van der Waals surface area contributed by atoms with E-state index in [2.05, 4.69) is 13.2 Å². The SMILES string of the molecule is C=C(C)/C(=C/C(=CC)[N+](=O)[O-])C(=C)F. The second kappa shape index (κ2) is 5.11. The van der Waals surface area contributed by atoms with E-state index in [0.717, 1.165) is 6.08 Å². The van der Waals surface area contributed by atoms with Crippen LogP contribution in [0, 0.1) is 10.1 Å². The van der Waals surface area contributed by atoms with Crippen molar-refractivity contribution in [3.8, 4) is 0 Å². The Hall–Kier alpha value is -1.71. The van der Waals surface area contributed by atoms with Crippen molar-refractivity contribution in [2.45, 2.75) is 13.8 Å². The number of hydrogen-bond donors (Lipinski definition) is 0. The fraction of sp³-hybridized carbons (Fsp3) is 0.200. The second-order valence-electron chi connectivity index (χ2n) is 2.71. The molecule has 0 radical (unpaired) electrons. The van der Waals surface area contributed by atoms with E-state index in [1.54, 1.807) is 6.92 Å². The van der Waals surface area contributed by atoms with Gasteiger partial charge in [0.2, 0.25) is 0 Å². The number of hydrogen-bond acceptors (Lipinski definition) is 2. The minimum absolute atomic E-state index is 0.0646. The van der Waals surface area contributed by atoms with Gasteiger partial charge in [0, 0.05) is 11.6 Å². The van der Waals surface area contributed by atoms with Crippen molar-refractivity contribution >= 4 is 0 Å². The molecule has 0 aliphatic rings. The molecule has 0 saturated carbocycles. The zero-order valence-corrected chi connectivity index (χ0v) is 8.21. The quantitative estimate of drug-likeness (QED) is 0.394. The van der Waals surface area contributed by atoms with Crippen LogP contribution in [0.25, 0.3) is 0 Å². The lowest BCUT2D eigenvalue weighted by Crippen LogP contribution is -1.97. The van der Waals surface area contributed by atoms with Crippen LogP contribution in [-0.4, -0.2) is 4.92 Å². The van der Waals surface area contributed by atoms with E-state index in [0.29, 0.717) is 5.57 Å². The molecule has 0 unspecified atom stereocenters. The average molecular weight is 197 g/mol. The molecule has 0 aromatic heterocycles. The lowest BCUT2D eigenvalue weighted by atomic mass is 10.1. The first-order valence-electron chi connectivity index (χ1n) is 3.93. The normalized spacial score (nSPS) is 12.5. The van der Waals surface area contributed by atoms with Crippen molar-refractivity contribution in [1.29, 1.82) is 0 Å². The van der Waals surface area contributed by atoms with Gasteiger partial charge in [0.15, 0.2) is 0 Å². The van der Waals surface area contributed by atoms with Gasteiger partial charge in [-0.15, -0.1) is 0 Å². The molecule has 0 aromatic rings. The average Bonchev–Trinajstić information content (AvgIpc) is 2.03. The van der Waals surface area contributed by atoms with Crippen molar-refractivity contribution in [2.75, 3.05) is 0 Å². The molecule has 0 N–H and O–H groups in total. The highest BCUT2D eigenvalue weighted by Crippen LogP contribution is 2.19. The van der Waals surface area contributed by atoms with E-state index >= 15 is 0 Å². The summed E-state index contributed by atoms with van der Waals surface area (Å²) in [5, 5.41) is 10.4. The third-order valence-electron chi connectivity index (χ3n) is 1.55. The molecule has 0 amide bonds. The van der Waals surface area contributed by atoms with Gasteiger partial charge in [-0.25, -0.2) is 4.39 Å². The number of nitrogens with zero attached hydrogens (tertiary/aromatic N) is 1. The van der Waals surface area contributed by atoms with Crippen LogP contribution in [0.15, 0.2) is 48.0 Å². The van der Waals surface area contributed by atoms with E-state index in [4.69, 9.17) is 0 Å². The van der Waals surface area contributed by atoms with Crippen LogP contribution in [-0.2, 0) is 0 Å². The maximum absolute atomic E-state index is 12.8. The third kappa shape index (κ3) is 3.35. The van der Waals surface area contributed by atoms with Gasteiger partial charge in [-0.1, -0.05) is 13.2 Å². The minimum Gasteiger partial charge on any atom is -0.258 e. The molecular weight excluding hydrogens is 185 g/mol. The van der Waals surface area contributed by atoms with Crippen LogP contribution in [0.1, 0.15) is 13.8 Å². The predicted molar refractivity (Wildman–Crippen MR) is 53.9 cm³/mol. The first kappa shape index (κ1) is 12.3. The molecule has 0 aliphatic carbocycles. The van der Waals surface area contributed by atoms with Crippen LogP contribution < -0.4 is 0 Å². The molecule has 0 aliphatic heterocycles. The molecule has 0 fully saturated rings. The van der Waals surface area contributed by atoms with E-state index in [9.17, 15) is 14.5 Å². The summed E-state index contributed by atoms with van der Waals surface area (Å²) in [7, 11) is 0. The monoisotopic (exact) mass is 197 g/mol. The maximum atomic E-state index is 12.8. The Balaban J connectivity index is 5.20. The van der Waals surface area contributed by atoms with Gasteiger partial charge in [-0.2, -0.15) is 0 Å². The largest absolute Gasteiger partial charge is 0.265 e. The summed E-state index contributed by atoms with van der Waals surface area (Å²) in [4.78, 5) is 9.83. The zero-order valence-electron chi connectivity index (χ0n) is 8.21. The van der Waals surface area contributed by atoms with Crippen molar-refractivity contribution < 1.29 is 9.31 Å². The summed E-state index contributed by atoms with van der Waals surface area (Å²) < 4.78 is 12.8. The Bertz CT molecular complexity index is 324. The van der Waals surface area contributed by atoms with Gasteiger partial charge in [0.25, 0.3) is 5.70 Å². The Morgan fingerprint density at radius 2 is 2.00 bits per heavy atom. The lowest BCUT2D eigenvalue weighted by molar-refractivity contribution is -0.419. The standard InChI is InChI=1S/C10H12FNO2/c1-5-9(12(13)14)6-10(7(2)3)8(4)11/h5-6H,2,4H2,1,3H3/b9-5?,10-6-. The van der Waals surface area contributed by atoms with Gasteiger partial charge in [-0.05, 0) is 25.5 Å². The number of rotatable bonds is 4. The number of halogens is 1. The highest BCUT2D eigenvalue weighted by atomic mass is 19.1. The summed E-state index contributed by atoms with van der Waals surface area (Å²) in [6.45, 7) is 9.65. The fourth-order valence-electron chi connectivity index (χ4n) is 0.822. The summed E-state index contributed by atoms with van der Waals surface area (Å²) >= 11 is 0. The molecule has 76 valence electrons.